The number of likely N-dealkylation sites (N-methyl/N-ethyl adjacent to an activating group) is 1. The van der Waals surface area contributed by atoms with Crippen molar-refractivity contribution in [3.63, 3.8) is 0 Å². The Hall–Kier alpha value is -1.40. The summed E-state index contributed by atoms with van der Waals surface area (Å²) in [4.78, 5) is 6.24. The lowest BCUT2D eigenvalue weighted by atomic mass is 10.2. The fraction of sp³-hybridized carbons (Fsp3) is 0.333. The van der Waals surface area contributed by atoms with Gasteiger partial charge in [-0.25, -0.2) is 0 Å². The third-order valence-electron chi connectivity index (χ3n) is 2.66. The summed E-state index contributed by atoms with van der Waals surface area (Å²) in [6.07, 6.45) is 5.24. The molecule has 0 unspecified atom stereocenters. The number of hydrogen-bond donors (Lipinski definition) is 1. The van der Waals surface area contributed by atoms with Crippen LogP contribution in [-0.2, 0) is 6.54 Å². The summed E-state index contributed by atoms with van der Waals surface area (Å²) in [6, 6.07) is 1.80. The van der Waals surface area contributed by atoms with E-state index >= 15 is 0 Å². The SMILES string of the molecule is CN(C)CCn1ncc(Br)c1-c1cnccc1N. The summed E-state index contributed by atoms with van der Waals surface area (Å²) in [5, 5.41) is 4.36. The molecule has 5 nitrogen and oxygen atoms in total. The lowest BCUT2D eigenvalue weighted by molar-refractivity contribution is 0.374. The highest BCUT2D eigenvalue weighted by molar-refractivity contribution is 9.10. The van der Waals surface area contributed by atoms with Crippen molar-refractivity contribution >= 4 is 21.6 Å². The molecule has 0 saturated heterocycles. The normalized spacial score (nSPS) is 11.1. The Bertz CT molecular complexity index is 535. The predicted octanol–water partition coefficient (Wildman–Crippen LogP) is 1.85. The molecule has 2 rings (SSSR count). The van der Waals surface area contributed by atoms with E-state index in [4.69, 9.17) is 5.73 Å². The van der Waals surface area contributed by atoms with E-state index in [2.05, 4.69) is 30.9 Å². The van der Waals surface area contributed by atoms with E-state index in [-0.39, 0.29) is 0 Å². The van der Waals surface area contributed by atoms with Crippen molar-refractivity contribution in [1.29, 1.82) is 0 Å². The van der Waals surface area contributed by atoms with Gasteiger partial charge in [-0.2, -0.15) is 5.10 Å². The van der Waals surface area contributed by atoms with Crippen LogP contribution in [0, 0.1) is 0 Å². The Kier molecular flexibility index (Phi) is 3.98. The summed E-state index contributed by atoms with van der Waals surface area (Å²) in [6.45, 7) is 1.73. The van der Waals surface area contributed by atoms with Gasteiger partial charge in [0.2, 0.25) is 0 Å². The van der Waals surface area contributed by atoms with Crippen molar-refractivity contribution in [2.75, 3.05) is 26.4 Å². The Balaban J connectivity index is 2.38. The average Bonchev–Trinajstić information content (AvgIpc) is 2.69. The van der Waals surface area contributed by atoms with E-state index in [1.807, 2.05) is 18.8 Å². The van der Waals surface area contributed by atoms with E-state index in [9.17, 15) is 0 Å². The molecule has 0 fully saturated rings. The van der Waals surface area contributed by atoms with Crippen LogP contribution in [0.2, 0.25) is 0 Å². The van der Waals surface area contributed by atoms with E-state index in [1.54, 1.807) is 24.7 Å². The summed E-state index contributed by atoms with van der Waals surface area (Å²) in [5.74, 6) is 0. The predicted molar refractivity (Wildman–Crippen MR) is 76.1 cm³/mol. The number of nitrogen functional groups attached to an aromatic ring is 1. The first-order valence-electron chi connectivity index (χ1n) is 5.65. The number of anilines is 1. The van der Waals surface area contributed by atoms with Gasteiger partial charge in [-0.3, -0.25) is 9.67 Å². The Labute approximate surface area is 115 Å². The van der Waals surface area contributed by atoms with Crippen LogP contribution >= 0.6 is 15.9 Å². The van der Waals surface area contributed by atoms with Crippen molar-refractivity contribution in [2.24, 2.45) is 0 Å². The topological polar surface area (TPSA) is 60.0 Å². The van der Waals surface area contributed by atoms with Gasteiger partial charge in [-0.05, 0) is 36.1 Å². The molecule has 0 aliphatic rings. The number of hydrogen-bond acceptors (Lipinski definition) is 4. The molecule has 2 aromatic heterocycles. The lowest BCUT2D eigenvalue weighted by Crippen LogP contribution is -2.19. The Morgan fingerprint density at radius 3 is 2.83 bits per heavy atom. The molecule has 0 aliphatic heterocycles. The van der Waals surface area contributed by atoms with Gasteiger partial charge >= 0.3 is 0 Å². The van der Waals surface area contributed by atoms with Gasteiger partial charge in [0.15, 0.2) is 0 Å². The van der Waals surface area contributed by atoms with E-state index in [0.717, 1.165) is 28.8 Å². The van der Waals surface area contributed by atoms with Crippen LogP contribution in [0.5, 0.6) is 0 Å². The van der Waals surface area contributed by atoms with Gasteiger partial charge in [0.25, 0.3) is 0 Å². The van der Waals surface area contributed by atoms with Gasteiger partial charge < -0.3 is 10.6 Å². The van der Waals surface area contributed by atoms with Crippen LogP contribution in [0.25, 0.3) is 11.3 Å². The van der Waals surface area contributed by atoms with E-state index in [0.29, 0.717) is 5.69 Å². The van der Waals surface area contributed by atoms with Crippen molar-refractivity contribution < 1.29 is 0 Å². The maximum Gasteiger partial charge on any atom is 0.0861 e. The van der Waals surface area contributed by atoms with Gasteiger partial charge in [0.1, 0.15) is 0 Å². The molecule has 0 aliphatic carbocycles. The quantitative estimate of drug-likeness (QED) is 0.936. The number of rotatable bonds is 4. The maximum absolute atomic E-state index is 5.99. The van der Waals surface area contributed by atoms with Gasteiger partial charge in [0, 0.05) is 30.2 Å². The number of aromatic nitrogens is 3. The molecule has 0 amide bonds. The molecule has 0 saturated carbocycles. The molecule has 2 heterocycles. The Morgan fingerprint density at radius 2 is 2.17 bits per heavy atom. The molecule has 0 bridgehead atoms. The highest BCUT2D eigenvalue weighted by Gasteiger charge is 2.13. The minimum absolute atomic E-state index is 0.706. The summed E-state index contributed by atoms with van der Waals surface area (Å²) in [7, 11) is 4.08. The molecule has 2 N–H and O–H groups in total. The second-order valence-electron chi connectivity index (χ2n) is 4.33. The van der Waals surface area contributed by atoms with Gasteiger partial charge in [0.05, 0.1) is 22.9 Å². The molecule has 0 spiro atoms. The van der Waals surface area contributed by atoms with Crippen LogP contribution in [0.3, 0.4) is 0 Å². The summed E-state index contributed by atoms with van der Waals surface area (Å²) < 4.78 is 2.87. The number of halogens is 1. The van der Waals surface area contributed by atoms with Crippen molar-refractivity contribution in [2.45, 2.75) is 6.54 Å². The second kappa shape index (κ2) is 5.49. The molecule has 2 aromatic rings. The highest BCUT2D eigenvalue weighted by atomic mass is 79.9. The zero-order valence-electron chi connectivity index (χ0n) is 10.5. The minimum atomic E-state index is 0.706. The fourth-order valence-electron chi connectivity index (χ4n) is 1.70. The van der Waals surface area contributed by atoms with Crippen LogP contribution in [-0.4, -0.2) is 40.3 Å². The first-order valence-corrected chi connectivity index (χ1v) is 6.45. The number of nitrogens with two attached hydrogens (primary N) is 1. The minimum Gasteiger partial charge on any atom is -0.398 e. The zero-order valence-corrected chi connectivity index (χ0v) is 12.1. The molecule has 0 atom stereocenters. The monoisotopic (exact) mass is 309 g/mol. The molecular weight excluding hydrogens is 294 g/mol. The Morgan fingerprint density at radius 1 is 1.39 bits per heavy atom. The van der Waals surface area contributed by atoms with Crippen LogP contribution in [0.1, 0.15) is 0 Å². The maximum atomic E-state index is 5.99. The smallest absolute Gasteiger partial charge is 0.0861 e. The molecule has 0 radical (unpaired) electrons. The second-order valence-corrected chi connectivity index (χ2v) is 5.18. The molecule has 18 heavy (non-hydrogen) atoms. The third kappa shape index (κ3) is 2.70. The summed E-state index contributed by atoms with van der Waals surface area (Å²) in [5.41, 5.74) is 8.58. The van der Waals surface area contributed by atoms with Crippen LogP contribution in [0.15, 0.2) is 29.1 Å². The molecule has 0 aromatic carbocycles. The lowest BCUT2D eigenvalue weighted by Gasteiger charge is -2.13. The molecule has 6 heteroatoms. The molecule has 96 valence electrons. The zero-order chi connectivity index (χ0) is 13.1. The van der Waals surface area contributed by atoms with Gasteiger partial charge in [-0.1, -0.05) is 0 Å². The first-order chi connectivity index (χ1) is 8.59. The van der Waals surface area contributed by atoms with Crippen molar-refractivity contribution in [1.82, 2.24) is 19.7 Å². The van der Waals surface area contributed by atoms with Crippen LogP contribution < -0.4 is 5.73 Å². The first kappa shape index (κ1) is 13.0. The third-order valence-corrected chi connectivity index (χ3v) is 3.24. The number of nitrogens with zero attached hydrogens (tertiary/aromatic N) is 4. The van der Waals surface area contributed by atoms with Gasteiger partial charge in [-0.15, -0.1) is 0 Å². The van der Waals surface area contributed by atoms with E-state index in [1.165, 1.54) is 0 Å². The largest absolute Gasteiger partial charge is 0.398 e. The fourth-order valence-corrected chi connectivity index (χ4v) is 2.21. The summed E-state index contributed by atoms with van der Waals surface area (Å²) >= 11 is 3.51. The van der Waals surface area contributed by atoms with Crippen molar-refractivity contribution in [3.05, 3.63) is 29.1 Å². The average molecular weight is 310 g/mol. The van der Waals surface area contributed by atoms with Crippen molar-refractivity contribution in [3.8, 4) is 11.3 Å². The standard InChI is InChI=1S/C12H16BrN5/c1-17(2)5-6-18-12(10(13)8-16-18)9-7-15-4-3-11(9)14/h3-4,7-8H,5-6H2,1-2H3,(H2,14,15). The van der Waals surface area contributed by atoms with E-state index < -0.39 is 0 Å². The number of pyridine rings is 1. The highest BCUT2D eigenvalue weighted by Crippen LogP contribution is 2.31. The molecular formula is C12H16BrN5. The van der Waals surface area contributed by atoms with Crippen LogP contribution in [0.4, 0.5) is 5.69 Å².